The molecule has 0 unspecified atom stereocenters. The Morgan fingerprint density at radius 3 is 2.91 bits per heavy atom. The molecule has 8 nitrogen and oxygen atoms in total. The molecule has 0 saturated carbocycles. The van der Waals surface area contributed by atoms with Crippen molar-refractivity contribution in [1.82, 2.24) is 25.0 Å². The zero-order valence-electron chi connectivity index (χ0n) is 17.1. The van der Waals surface area contributed by atoms with Gasteiger partial charge in [0.15, 0.2) is 0 Å². The molecular weight excluding hydrogens is 406 g/mol. The molecule has 0 atom stereocenters. The minimum Gasteiger partial charge on any atom is -0.487 e. The van der Waals surface area contributed by atoms with E-state index >= 15 is 0 Å². The predicted molar refractivity (Wildman–Crippen MR) is 120 cm³/mol. The predicted octanol–water partition coefficient (Wildman–Crippen LogP) is 4.29. The summed E-state index contributed by atoms with van der Waals surface area (Å²) in [5, 5.41) is 11.4. The second-order valence-electron chi connectivity index (χ2n) is 7.54. The molecule has 0 radical (unpaired) electrons. The molecule has 0 bridgehead atoms. The van der Waals surface area contributed by atoms with Crippen LogP contribution in [0.4, 0.5) is 0 Å². The second kappa shape index (κ2) is 7.05. The minimum atomic E-state index is -0.441. The fourth-order valence-electron chi connectivity index (χ4n) is 3.96. The summed E-state index contributed by atoms with van der Waals surface area (Å²) in [6.45, 7) is 2.23. The molecule has 8 heteroatoms. The first-order valence-corrected chi connectivity index (χ1v) is 10.1. The van der Waals surface area contributed by atoms with Crippen LogP contribution in [0.15, 0.2) is 76.2 Å². The van der Waals surface area contributed by atoms with Gasteiger partial charge in [-0.25, -0.2) is 9.48 Å². The number of H-pyrrole nitrogens is 1. The molecule has 6 rings (SSSR count). The molecule has 0 saturated heterocycles. The summed E-state index contributed by atoms with van der Waals surface area (Å²) in [5.74, 6) is 0.718. The van der Waals surface area contributed by atoms with Crippen LogP contribution in [0.5, 0.6) is 5.75 Å². The lowest BCUT2D eigenvalue weighted by Gasteiger charge is -2.04. The number of fused-ring (bicyclic) bond motifs is 4. The molecule has 4 aromatic heterocycles. The number of nitrogens with one attached hydrogen (secondary N) is 1. The van der Waals surface area contributed by atoms with Crippen LogP contribution in [0, 0.1) is 6.92 Å². The highest BCUT2D eigenvalue weighted by molar-refractivity contribution is 6.08. The summed E-state index contributed by atoms with van der Waals surface area (Å²) < 4.78 is 12.8. The summed E-state index contributed by atoms with van der Waals surface area (Å²) >= 11 is 0. The van der Waals surface area contributed by atoms with E-state index in [1.54, 1.807) is 16.9 Å². The van der Waals surface area contributed by atoms with E-state index in [-0.39, 0.29) is 6.61 Å². The maximum atomic E-state index is 11.9. The van der Waals surface area contributed by atoms with E-state index in [0.29, 0.717) is 17.0 Å². The van der Waals surface area contributed by atoms with Crippen LogP contribution in [0.1, 0.15) is 11.4 Å². The number of aromatic nitrogens is 5. The summed E-state index contributed by atoms with van der Waals surface area (Å²) in [6, 6.07) is 16.7. The fourth-order valence-corrected chi connectivity index (χ4v) is 3.96. The molecule has 2 aromatic carbocycles. The van der Waals surface area contributed by atoms with Gasteiger partial charge in [-0.1, -0.05) is 17.3 Å². The Morgan fingerprint density at radius 2 is 1.97 bits per heavy atom. The first-order valence-electron chi connectivity index (χ1n) is 10.1. The van der Waals surface area contributed by atoms with Gasteiger partial charge in [-0.05, 0) is 37.3 Å². The van der Waals surface area contributed by atoms with E-state index in [0.717, 1.165) is 38.6 Å². The SMILES string of the molecule is Cc1nccc2c1[nH]c1cc(OCc3cn(-c4cc(=O)oc5ccccc45)nn3)ccc12. The van der Waals surface area contributed by atoms with Gasteiger partial charge in [-0.3, -0.25) is 4.98 Å². The smallest absolute Gasteiger partial charge is 0.338 e. The summed E-state index contributed by atoms with van der Waals surface area (Å²) in [6.07, 6.45) is 3.57. The highest BCUT2D eigenvalue weighted by Crippen LogP contribution is 2.29. The van der Waals surface area contributed by atoms with Gasteiger partial charge < -0.3 is 14.1 Å². The molecule has 0 aliphatic heterocycles. The monoisotopic (exact) mass is 423 g/mol. The Bertz CT molecular complexity index is 1680. The van der Waals surface area contributed by atoms with Crippen molar-refractivity contribution in [2.75, 3.05) is 0 Å². The zero-order valence-corrected chi connectivity index (χ0v) is 17.1. The minimum absolute atomic E-state index is 0.242. The van der Waals surface area contributed by atoms with Gasteiger partial charge in [0.1, 0.15) is 23.6 Å². The largest absolute Gasteiger partial charge is 0.487 e. The van der Waals surface area contributed by atoms with Gasteiger partial charge in [0, 0.05) is 28.4 Å². The van der Waals surface area contributed by atoms with Crippen LogP contribution in [-0.2, 0) is 6.61 Å². The molecule has 4 heterocycles. The highest BCUT2D eigenvalue weighted by Gasteiger charge is 2.11. The lowest BCUT2D eigenvalue weighted by molar-refractivity contribution is 0.301. The number of rotatable bonds is 4. The van der Waals surface area contributed by atoms with Crippen LogP contribution in [-0.4, -0.2) is 25.0 Å². The van der Waals surface area contributed by atoms with Gasteiger partial charge in [0.05, 0.1) is 34.7 Å². The Kier molecular flexibility index (Phi) is 4.04. The molecule has 0 aliphatic rings. The van der Waals surface area contributed by atoms with Crippen molar-refractivity contribution in [2.45, 2.75) is 13.5 Å². The van der Waals surface area contributed by atoms with Crippen molar-refractivity contribution in [1.29, 1.82) is 0 Å². The van der Waals surface area contributed by atoms with Gasteiger partial charge in [0.2, 0.25) is 0 Å². The van der Waals surface area contributed by atoms with E-state index in [1.807, 2.05) is 55.6 Å². The summed E-state index contributed by atoms with van der Waals surface area (Å²) in [4.78, 5) is 19.7. The number of hydrogen-bond donors (Lipinski definition) is 1. The van der Waals surface area contributed by atoms with Crippen LogP contribution in [0.25, 0.3) is 38.5 Å². The van der Waals surface area contributed by atoms with Crippen LogP contribution >= 0.6 is 0 Å². The topological polar surface area (TPSA) is 98.8 Å². The molecule has 0 spiro atoms. The van der Waals surface area contributed by atoms with Gasteiger partial charge in [-0.15, -0.1) is 5.10 Å². The highest BCUT2D eigenvalue weighted by atomic mass is 16.5. The van der Waals surface area contributed by atoms with Crippen molar-refractivity contribution in [3.05, 3.63) is 88.8 Å². The Morgan fingerprint density at radius 1 is 1.06 bits per heavy atom. The number of para-hydroxylation sites is 1. The van der Waals surface area contributed by atoms with Crippen molar-refractivity contribution in [2.24, 2.45) is 0 Å². The molecule has 32 heavy (non-hydrogen) atoms. The molecule has 156 valence electrons. The Balaban J connectivity index is 1.28. The van der Waals surface area contributed by atoms with Crippen molar-refractivity contribution in [3.8, 4) is 11.4 Å². The third kappa shape index (κ3) is 3.01. The van der Waals surface area contributed by atoms with Crippen molar-refractivity contribution >= 4 is 32.8 Å². The quantitative estimate of drug-likeness (QED) is 0.425. The first kappa shape index (κ1) is 18.3. The molecule has 6 aromatic rings. The van der Waals surface area contributed by atoms with Gasteiger partial charge in [0.25, 0.3) is 0 Å². The number of benzene rings is 2. The van der Waals surface area contributed by atoms with E-state index < -0.39 is 5.63 Å². The zero-order chi connectivity index (χ0) is 21.7. The number of ether oxygens (including phenoxy) is 1. The number of hydrogen-bond acceptors (Lipinski definition) is 6. The Hall–Kier alpha value is -4.46. The molecule has 0 aliphatic carbocycles. The first-order chi connectivity index (χ1) is 15.7. The standard InChI is InChI=1S/C24H17N5O3/c1-14-24-18(8-9-25-14)17-7-6-16(10-20(17)26-24)31-13-15-12-29(28-27-15)21-11-23(30)32-22-5-3-2-4-19(21)22/h2-12,26H,13H2,1H3. The maximum absolute atomic E-state index is 11.9. The number of aryl methyl sites for hydroxylation is 1. The third-order valence-electron chi connectivity index (χ3n) is 5.48. The van der Waals surface area contributed by atoms with Crippen molar-refractivity contribution < 1.29 is 9.15 Å². The average molecular weight is 423 g/mol. The lowest BCUT2D eigenvalue weighted by Crippen LogP contribution is -2.04. The lowest BCUT2D eigenvalue weighted by atomic mass is 10.1. The van der Waals surface area contributed by atoms with E-state index in [2.05, 4.69) is 20.3 Å². The maximum Gasteiger partial charge on any atom is 0.338 e. The Labute approximate surface area is 181 Å². The van der Waals surface area contributed by atoms with Crippen LogP contribution in [0.2, 0.25) is 0 Å². The van der Waals surface area contributed by atoms with E-state index in [9.17, 15) is 4.79 Å². The number of nitrogens with zero attached hydrogens (tertiary/aromatic N) is 4. The average Bonchev–Trinajstić information content (AvgIpc) is 3.42. The molecular formula is C24H17N5O3. The molecule has 0 amide bonds. The summed E-state index contributed by atoms with van der Waals surface area (Å²) in [5.41, 5.74) is 4.28. The van der Waals surface area contributed by atoms with Crippen molar-refractivity contribution in [3.63, 3.8) is 0 Å². The normalized spacial score (nSPS) is 11.5. The van der Waals surface area contributed by atoms with Crippen LogP contribution in [0.3, 0.4) is 0 Å². The van der Waals surface area contributed by atoms with Crippen LogP contribution < -0.4 is 10.4 Å². The summed E-state index contributed by atoms with van der Waals surface area (Å²) in [7, 11) is 0. The fraction of sp³-hybridized carbons (Fsp3) is 0.0833. The molecule has 1 N–H and O–H groups in total. The van der Waals surface area contributed by atoms with E-state index in [1.165, 1.54) is 6.07 Å². The second-order valence-corrected chi connectivity index (χ2v) is 7.54. The third-order valence-corrected chi connectivity index (χ3v) is 5.48. The molecule has 0 fully saturated rings. The number of aromatic amines is 1. The van der Waals surface area contributed by atoms with E-state index in [4.69, 9.17) is 9.15 Å². The van der Waals surface area contributed by atoms with Gasteiger partial charge >= 0.3 is 5.63 Å². The number of pyridine rings is 1. The van der Waals surface area contributed by atoms with Gasteiger partial charge in [-0.2, -0.15) is 0 Å².